The van der Waals surface area contributed by atoms with Crippen LogP contribution in [0.1, 0.15) is 13.3 Å². The summed E-state index contributed by atoms with van der Waals surface area (Å²) in [5, 5.41) is 18.2. The first-order chi connectivity index (χ1) is 12.7. The van der Waals surface area contributed by atoms with Crippen molar-refractivity contribution in [2.45, 2.75) is 19.4 Å². The zero-order valence-electron chi connectivity index (χ0n) is 14.5. The Kier molecular flexibility index (Phi) is 4.18. The Balaban J connectivity index is 1.74. The number of hydrogen-bond donors (Lipinski definition) is 2. The van der Waals surface area contributed by atoms with Gasteiger partial charge in [-0.25, -0.2) is 14.5 Å². The van der Waals surface area contributed by atoms with Crippen molar-refractivity contribution in [3.05, 3.63) is 36.7 Å². The minimum Gasteiger partial charge on any atom is -0.480 e. The molecule has 4 aromatic heterocycles. The quantitative estimate of drug-likeness (QED) is 0.550. The van der Waals surface area contributed by atoms with Crippen LogP contribution in [-0.2, 0) is 0 Å². The number of furan rings is 1. The summed E-state index contributed by atoms with van der Waals surface area (Å²) in [5.41, 5.74) is 2.10. The maximum absolute atomic E-state index is 9.71. The number of methoxy groups -OCH3 is 1. The second-order valence-electron chi connectivity index (χ2n) is 5.92. The second kappa shape index (κ2) is 6.64. The molecule has 2 N–H and O–H groups in total. The lowest BCUT2D eigenvalue weighted by molar-refractivity contribution is 0.183. The van der Waals surface area contributed by atoms with Gasteiger partial charge in [-0.3, -0.25) is 0 Å². The molecule has 26 heavy (non-hydrogen) atoms. The monoisotopic (exact) mass is 353 g/mol. The van der Waals surface area contributed by atoms with E-state index in [1.54, 1.807) is 30.1 Å². The molecule has 0 fully saturated rings. The smallest absolute Gasteiger partial charge is 0.224 e. The van der Waals surface area contributed by atoms with Crippen molar-refractivity contribution in [2.75, 3.05) is 19.0 Å². The normalized spacial score (nSPS) is 12.6. The van der Waals surface area contributed by atoms with Crippen LogP contribution >= 0.6 is 0 Å². The largest absolute Gasteiger partial charge is 0.480 e. The summed E-state index contributed by atoms with van der Waals surface area (Å²) in [6.45, 7) is 2.37. The molecule has 4 rings (SSSR count). The second-order valence-corrected chi connectivity index (χ2v) is 5.92. The van der Waals surface area contributed by atoms with Crippen molar-refractivity contribution in [2.24, 2.45) is 0 Å². The highest BCUT2D eigenvalue weighted by molar-refractivity contribution is 5.86. The van der Waals surface area contributed by atoms with Gasteiger partial charge in [0.25, 0.3) is 0 Å². The number of nitrogens with one attached hydrogen (secondary N) is 1. The van der Waals surface area contributed by atoms with E-state index in [1.165, 1.54) is 0 Å². The molecule has 4 aromatic rings. The first-order valence-electron chi connectivity index (χ1n) is 8.39. The SMILES string of the molecule is CCC(O)CNc1ccc2ncc(-c3cc4c(OC)nccc4o3)n2n1. The Labute approximate surface area is 149 Å². The van der Waals surface area contributed by atoms with E-state index in [-0.39, 0.29) is 0 Å². The average Bonchev–Trinajstić information content (AvgIpc) is 3.28. The molecule has 0 aliphatic heterocycles. The minimum absolute atomic E-state index is 0.412. The molecule has 1 atom stereocenters. The Bertz CT molecular complexity index is 1060. The molecule has 0 amide bonds. The van der Waals surface area contributed by atoms with E-state index in [9.17, 15) is 5.11 Å². The molecular formula is C18H19N5O3. The van der Waals surface area contributed by atoms with Gasteiger partial charge in [-0.15, -0.1) is 5.10 Å². The van der Waals surface area contributed by atoms with Gasteiger partial charge in [0.05, 0.1) is 24.8 Å². The first kappa shape index (κ1) is 16.3. The summed E-state index contributed by atoms with van der Waals surface area (Å²) in [5.74, 6) is 1.78. The molecule has 0 aliphatic carbocycles. The molecule has 0 radical (unpaired) electrons. The predicted octanol–water partition coefficient (Wildman–Crippen LogP) is 2.73. The fourth-order valence-electron chi connectivity index (χ4n) is 2.73. The van der Waals surface area contributed by atoms with Gasteiger partial charge in [-0.05, 0) is 24.6 Å². The number of hydrogen-bond acceptors (Lipinski definition) is 7. The zero-order valence-corrected chi connectivity index (χ0v) is 14.5. The topological polar surface area (TPSA) is 97.7 Å². The molecule has 134 valence electrons. The Morgan fingerprint density at radius 1 is 1.31 bits per heavy atom. The van der Waals surface area contributed by atoms with Crippen LogP contribution in [0.5, 0.6) is 5.88 Å². The van der Waals surface area contributed by atoms with Gasteiger partial charge in [-0.2, -0.15) is 0 Å². The van der Waals surface area contributed by atoms with Crippen LogP contribution in [0.3, 0.4) is 0 Å². The number of pyridine rings is 1. The number of fused-ring (bicyclic) bond motifs is 2. The van der Waals surface area contributed by atoms with Gasteiger partial charge in [-0.1, -0.05) is 6.92 Å². The average molecular weight is 353 g/mol. The number of aliphatic hydroxyl groups is 1. The van der Waals surface area contributed by atoms with Gasteiger partial charge in [0.15, 0.2) is 11.4 Å². The van der Waals surface area contributed by atoms with E-state index in [0.717, 1.165) is 11.1 Å². The van der Waals surface area contributed by atoms with E-state index in [4.69, 9.17) is 9.15 Å². The van der Waals surface area contributed by atoms with Crippen molar-refractivity contribution in [1.29, 1.82) is 0 Å². The van der Waals surface area contributed by atoms with Crippen LogP contribution in [0.4, 0.5) is 5.82 Å². The highest BCUT2D eigenvalue weighted by atomic mass is 16.5. The third kappa shape index (κ3) is 2.84. The first-order valence-corrected chi connectivity index (χ1v) is 8.39. The molecule has 4 heterocycles. The summed E-state index contributed by atoms with van der Waals surface area (Å²) in [6, 6.07) is 7.35. The standard InChI is InChI=1S/C18H19N5O3/c1-3-11(24)9-20-16-4-5-17-21-10-13(23(17)22-16)15-8-12-14(26-15)6-7-19-18(12)25-2/h4-8,10-11,24H,3,9H2,1-2H3,(H,20,22). The number of aromatic nitrogens is 4. The van der Waals surface area contributed by atoms with Crippen LogP contribution in [0, 0.1) is 0 Å². The van der Waals surface area contributed by atoms with Gasteiger partial charge in [0.2, 0.25) is 5.88 Å². The Morgan fingerprint density at radius 2 is 2.19 bits per heavy atom. The highest BCUT2D eigenvalue weighted by Crippen LogP contribution is 2.32. The van der Waals surface area contributed by atoms with Gasteiger partial charge < -0.3 is 19.6 Å². The molecule has 0 aromatic carbocycles. The van der Waals surface area contributed by atoms with Crippen LogP contribution in [0.2, 0.25) is 0 Å². The van der Waals surface area contributed by atoms with Crippen molar-refractivity contribution in [1.82, 2.24) is 19.6 Å². The van der Waals surface area contributed by atoms with E-state index in [0.29, 0.717) is 41.7 Å². The van der Waals surface area contributed by atoms with Crippen LogP contribution in [0.15, 0.2) is 41.1 Å². The molecule has 0 bridgehead atoms. The van der Waals surface area contributed by atoms with E-state index < -0.39 is 6.10 Å². The summed E-state index contributed by atoms with van der Waals surface area (Å²) >= 11 is 0. The minimum atomic E-state index is -0.412. The number of anilines is 1. The van der Waals surface area contributed by atoms with E-state index in [2.05, 4.69) is 20.4 Å². The van der Waals surface area contributed by atoms with Crippen molar-refractivity contribution in [3.63, 3.8) is 0 Å². The number of imidazole rings is 1. The van der Waals surface area contributed by atoms with Gasteiger partial charge >= 0.3 is 0 Å². The van der Waals surface area contributed by atoms with Gasteiger partial charge in [0, 0.05) is 18.8 Å². The van der Waals surface area contributed by atoms with Gasteiger partial charge in [0.1, 0.15) is 17.1 Å². The lowest BCUT2D eigenvalue weighted by Gasteiger charge is -2.10. The summed E-state index contributed by atoms with van der Waals surface area (Å²) in [6.07, 6.45) is 3.62. The molecule has 8 nitrogen and oxygen atoms in total. The number of ether oxygens (including phenoxy) is 1. The van der Waals surface area contributed by atoms with Crippen molar-refractivity contribution >= 4 is 22.4 Å². The molecule has 0 aliphatic rings. The summed E-state index contributed by atoms with van der Waals surface area (Å²) in [4.78, 5) is 8.57. The molecule has 0 saturated carbocycles. The lowest BCUT2D eigenvalue weighted by atomic mass is 10.3. The van der Waals surface area contributed by atoms with Crippen molar-refractivity contribution < 1.29 is 14.3 Å². The van der Waals surface area contributed by atoms with E-state index in [1.807, 2.05) is 25.1 Å². The molecular weight excluding hydrogens is 334 g/mol. The molecule has 0 spiro atoms. The highest BCUT2D eigenvalue weighted by Gasteiger charge is 2.15. The van der Waals surface area contributed by atoms with Crippen LogP contribution in [-0.4, -0.2) is 44.4 Å². The molecule has 8 heteroatoms. The fraction of sp³-hybridized carbons (Fsp3) is 0.278. The van der Waals surface area contributed by atoms with Crippen molar-refractivity contribution in [3.8, 4) is 17.3 Å². The maximum Gasteiger partial charge on any atom is 0.224 e. The zero-order chi connectivity index (χ0) is 18.1. The Morgan fingerprint density at radius 3 is 3.00 bits per heavy atom. The molecule has 0 saturated heterocycles. The molecule has 1 unspecified atom stereocenters. The number of aliphatic hydroxyl groups excluding tert-OH is 1. The summed E-state index contributed by atoms with van der Waals surface area (Å²) in [7, 11) is 1.58. The lowest BCUT2D eigenvalue weighted by Crippen LogP contribution is -2.19. The predicted molar refractivity (Wildman–Crippen MR) is 97.3 cm³/mol. The van der Waals surface area contributed by atoms with Crippen LogP contribution < -0.4 is 10.1 Å². The third-order valence-electron chi connectivity index (χ3n) is 4.21. The Hall–Kier alpha value is -3.13. The fourth-order valence-corrected chi connectivity index (χ4v) is 2.73. The number of rotatable bonds is 6. The third-order valence-corrected chi connectivity index (χ3v) is 4.21. The van der Waals surface area contributed by atoms with E-state index >= 15 is 0 Å². The summed E-state index contributed by atoms with van der Waals surface area (Å²) < 4.78 is 12.9. The maximum atomic E-state index is 9.71. The number of nitrogens with zero attached hydrogens (tertiary/aromatic N) is 4. The van der Waals surface area contributed by atoms with Crippen LogP contribution in [0.25, 0.3) is 28.1 Å².